The molecule has 1 aliphatic rings. The normalized spacial score (nSPS) is 17.4. The first-order chi connectivity index (χ1) is 12.6. The summed E-state index contributed by atoms with van der Waals surface area (Å²) in [6.45, 7) is 6.99. The predicted molar refractivity (Wildman–Crippen MR) is 98.2 cm³/mol. The van der Waals surface area contributed by atoms with Gasteiger partial charge in [0.05, 0.1) is 18.2 Å². The predicted octanol–water partition coefficient (Wildman–Crippen LogP) is 2.57. The summed E-state index contributed by atoms with van der Waals surface area (Å²) in [5.74, 6) is -1.52. The molecule has 1 aliphatic heterocycles. The Morgan fingerprint density at radius 2 is 1.78 bits per heavy atom. The number of rotatable bonds is 6. The van der Waals surface area contributed by atoms with Crippen LogP contribution in [0.15, 0.2) is 35.6 Å². The molecule has 1 amide bonds. The van der Waals surface area contributed by atoms with E-state index in [4.69, 9.17) is 9.47 Å². The van der Waals surface area contributed by atoms with E-state index in [9.17, 15) is 19.5 Å². The van der Waals surface area contributed by atoms with Gasteiger partial charge in [0, 0.05) is 26.0 Å². The van der Waals surface area contributed by atoms with Crippen molar-refractivity contribution in [1.29, 1.82) is 0 Å². The van der Waals surface area contributed by atoms with E-state index in [1.54, 1.807) is 45.0 Å². The maximum Gasteiger partial charge on any atom is 0.308 e. The van der Waals surface area contributed by atoms with Crippen molar-refractivity contribution in [3.05, 3.63) is 41.2 Å². The van der Waals surface area contributed by atoms with Gasteiger partial charge in [0.2, 0.25) is 0 Å². The molecule has 1 atom stereocenters. The van der Waals surface area contributed by atoms with Gasteiger partial charge in [-0.05, 0) is 17.7 Å². The van der Waals surface area contributed by atoms with Gasteiger partial charge in [0.25, 0.3) is 5.91 Å². The number of methoxy groups -OCH3 is 1. The van der Waals surface area contributed by atoms with Gasteiger partial charge >= 0.3 is 5.97 Å². The number of esters is 1. The van der Waals surface area contributed by atoms with E-state index < -0.39 is 29.1 Å². The number of amides is 1. The summed E-state index contributed by atoms with van der Waals surface area (Å²) in [6, 6.07) is 5.79. The molecule has 0 aliphatic carbocycles. The zero-order chi connectivity index (χ0) is 20.4. The maximum absolute atomic E-state index is 12.9. The zero-order valence-corrected chi connectivity index (χ0v) is 16.2. The van der Waals surface area contributed by atoms with Gasteiger partial charge in [-0.25, -0.2) is 0 Å². The lowest BCUT2D eigenvalue weighted by Gasteiger charge is -2.28. The number of ether oxygens (including phenoxy) is 2. The Hall–Kier alpha value is -2.67. The minimum atomic E-state index is -0.767. The third kappa shape index (κ3) is 4.36. The van der Waals surface area contributed by atoms with E-state index in [1.165, 1.54) is 18.9 Å². The highest BCUT2D eigenvalue weighted by Crippen LogP contribution is 2.41. The number of hydrogen-bond acceptors (Lipinski definition) is 6. The Morgan fingerprint density at radius 3 is 2.26 bits per heavy atom. The van der Waals surface area contributed by atoms with Gasteiger partial charge in [-0.3, -0.25) is 14.4 Å². The van der Waals surface area contributed by atoms with E-state index in [2.05, 4.69) is 0 Å². The summed E-state index contributed by atoms with van der Waals surface area (Å²) in [5.41, 5.74) is -0.0626. The number of carbonyl (C=O) groups is 3. The number of hydrogen-bond donors (Lipinski definition) is 1. The van der Waals surface area contributed by atoms with E-state index >= 15 is 0 Å². The molecule has 0 saturated heterocycles. The number of benzene rings is 1. The lowest BCUT2D eigenvalue weighted by Crippen LogP contribution is -2.35. The standard InChI is InChI=1S/C20H25NO6/c1-12(22)27-14-8-6-13(7-9-14)16-15(18(24)20(2,3)4)17(23)19(25)21(16)10-11-26-5/h6-9,16,23H,10-11H2,1-5H3. The topological polar surface area (TPSA) is 93.1 Å². The van der Waals surface area contributed by atoms with E-state index in [0.29, 0.717) is 11.3 Å². The fraction of sp³-hybridized carbons (Fsp3) is 0.450. The minimum absolute atomic E-state index is 0.0730. The Morgan fingerprint density at radius 1 is 1.19 bits per heavy atom. The van der Waals surface area contributed by atoms with Crippen LogP contribution in [0.2, 0.25) is 0 Å². The number of aliphatic hydroxyl groups is 1. The molecule has 0 bridgehead atoms. The van der Waals surface area contributed by atoms with Crippen molar-refractivity contribution in [2.45, 2.75) is 33.7 Å². The molecule has 0 spiro atoms. The average Bonchev–Trinajstić information content (AvgIpc) is 2.83. The van der Waals surface area contributed by atoms with Gasteiger partial charge in [0.1, 0.15) is 5.75 Å². The highest BCUT2D eigenvalue weighted by molar-refractivity contribution is 6.10. The Balaban J connectivity index is 2.49. The first-order valence-electron chi connectivity index (χ1n) is 8.64. The molecule has 0 aromatic heterocycles. The van der Waals surface area contributed by atoms with Crippen LogP contribution < -0.4 is 4.74 Å². The van der Waals surface area contributed by atoms with Crippen LogP contribution in [0.25, 0.3) is 0 Å². The summed E-state index contributed by atoms with van der Waals surface area (Å²) < 4.78 is 10.1. The molecule has 146 valence electrons. The van der Waals surface area contributed by atoms with Gasteiger partial charge in [-0.15, -0.1) is 0 Å². The number of carbonyl (C=O) groups excluding carboxylic acids is 3. The number of aliphatic hydroxyl groups excluding tert-OH is 1. The first kappa shape index (κ1) is 20.6. The highest BCUT2D eigenvalue weighted by Gasteiger charge is 2.45. The van der Waals surface area contributed by atoms with Crippen LogP contribution in [0, 0.1) is 5.41 Å². The van der Waals surface area contributed by atoms with Gasteiger partial charge < -0.3 is 19.5 Å². The van der Waals surface area contributed by atoms with Crippen molar-refractivity contribution in [2.24, 2.45) is 5.41 Å². The van der Waals surface area contributed by atoms with Gasteiger partial charge in [0.15, 0.2) is 11.5 Å². The Labute approximate surface area is 158 Å². The number of nitrogens with zero attached hydrogens (tertiary/aromatic N) is 1. The van der Waals surface area contributed by atoms with Crippen molar-refractivity contribution in [1.82, 2.24) is 4.90 Å². The van der Waals surface area contributed by atoms with Crippen LogP contribution in [-0.2, 0) is 19.1 Å². The molecule has 1 aromatic rings. The SMILES string of the molecule is COCCN1C(=O)C(O)=C(C(=O)C(C)(C)C)C1c1ccc(OC(C)=O)cc1. The van der Waals surface area contributed by atoms with E-state index in [-0.39, 0.29) is 24.5 Å². The lowest BCUT2D eigenvalue weighted by molar-refractivity contribution is -0.132. The monoisotopic (exact) mass is 375 g/mol. The molecule has 0 saturated carbocycles. The first-order valence-corrected chi connectivity index (χ1v) is 8.64. The third-order valence-corrected chi connectivity index (χ3v) is 4.22. The molecule has 1 unspecified atom stereocenters. The fourth-order valence-electron chi connectivity index (χ4n) is 2.94. The molecule has 27 heavy (non-hydrogen) atoms. The molecule has 1 N–H and O–H groups in total. The summed E-state index contributed by atoms with van der Waals surface area (Å²) in [5, 5.41) is 10.4. The summed E-state index contributed by atoms with van der Waals surface area (Å²) in [4.78, 5) is 38.0. The largest absolute Gasteiger partial charge is 0.503 e. The number of Topliss-reactive ketones (excluding diaryl/α,β-unsaturated/α-hetero) is 1. The third-order valence-electron chi connectivity index (χ3n) is 4.22. The average molecular weight is 375 g/mol. The molecular formula is C20H25NO6. The Bertz CT molecular complexity index is 773. The number of ketones is 1. The molecule has 0 fully saturated rings. The van der Waals surface area contributed by atoms with Gasteiger partial charge in [-0.2, -0.15) is 0 Å². The van der Waals surface area contributed by atoms with Crippen molar-refractivity contribution >= 4 is 17.7 Å². The smallest absolute Gasteiger partial charge is 0.308 e. The second kappa shape index (κ2) is 7.92. The summed E-state index contributed by atoms with van der Waals surface area (Å²) in [6.07, 6.45) is 0. The van der Waals surface area contributed by atoms with E-state index in [1.807, 2.05) is 0 Å². The van der Waals surface area contributed by atoms with Crippen molar-refractivity contribution in [3.8, 4) is 5.75 Å². The van der Waals surface area contributed by atoms with Crippen LogP contribution in [0.1, 0.15) is 39.3 Å². The highest BCUT2D eigenvalue weighted by atomic mass is 16.5. The van der Waals surface area contributed by atoms with E-state index in [0.717, 1.165) is 0 Å². The zero-order valence-electron chi connectivity index (χ0n) is 16.2. The molecule has 1 heterocycles. The van der Waals surface area contributed by atoms with Crippen LogP contribution in [0.3, 0.4) is 0 Å². The molecule has 1 aromatic carbocycles. The van der Waals surface area contributed by atoms with Crippen LogP contribution in [-0.4, -0.2) is 47.9 Å². The van der Waals surface area contributed by atoms with Crippen LogP contribution in [0.4, 0.5) is 0 Å². The second-order valence-corrected chi connectivity index (χ2v) is 7.40. The van der Waals surface area contributed by atoms with Crippen LogP contribution >= 0.6 is 0 Å². The summed E-state index contributed by atoms with van der Waals surface area (Å²) >= 11 is 0. The molecule has 7 heteroatoms. The maximum atomic E-state index is 12.9. The fourth-order valence-corrected chi connectivity index (χ4v) is 2.94. The quantitative estimate of drug-likeness (QED) is 0.607. The van der Waals surface area contributed by atoms with Gasteiger partial charge in [-0.1, -0.05) is 32.9 Å². The van der Waals surface area contributed by atoms with Crippen molar-refractivity contribution in [3.63, 3.8) is 0 Å². The minimum Gasteiger partial charge on any atom is -0.503 e. The summed E-state index contributed by atoms with van der Waals surface area (Å²) in [7, 11) is 1.51. The second-order valence-electron chi connectivity index (χ2n) is 7.40. The van der Waals surface area contributed by atoms with Crippen LogP contribution in [0.5, 0.6) is 5.75 Å². The van der Waals surface area contributed by atoms with Crippen molar-refractivity contribution < 1.29 is 29.0 Å². The Kier molecular flexibility index (Phi) is 6.05. The molecule has 7 nitrogen and oxygen atoms in total. The van der Waals surface area contributed by atoms with Crippen molar-refractivity contribution in [2.75, 3.05) is 20.3 Å². The molecule has 0 radical (unpaired) electrons. The molecular weight excluding hydrogens is 350 g/mol. The molecule has 2 rings (SSSR count). The lowest BCUT2D eigenvalue weighted by atomic mass is 9.82.